The van der Waals surface area contributed by atoms with Crippen molar-refractivity contribution in [3.63, 3.8) is 0 Å². The maximum Gasteiger partial charge on any atom is 0.276 e. The summed E-state index contributed by atoms with van der Waals surface area (Å²) in [6, 6.07) is 5.25. The van der Waals surface area contributed by atoms with Gasteiger partial charge in [-0.15, -0.1) is 0 Å². The van der Waals surface area contributed by atoms with Crippen LogP contribution in [0.4, 0.5) is 5.69 Å². The smallest absolute Gasteiger partial charge is 0.276 e. The van der Waals surface area contributed by atoms with E-state index < -0.39 is 0 Å². The normalized spacial score (nSPS) is 16.5. The van der Waals surface area contributed by atoms with Gasteiger partial charge in [-0.3, -0.25) is 4.79 Å². The van der Waals surface area contributed by atoms with Crippen LogP contribution in [0.15, 0.2) is 23.3 Å². The molecule has 5 heteroatoms. The lowest BCUT2D eigenvalue weighted by molar-refractivity contribution is -0.110. The molecule has 1 aromatic carbocycles. The lowest BCUT2D eigenvalue weighted by atomic mass is 10.1. The second-order valence-corrected chi connectivity index (χ2v) is 3.88. The highest BCUT2D eigenvalue weighted by Gasteiger charge is 2.26. The van der Waals surface area contributed by atoms with Crippen molar-refractivity contribution in [1.29, 1.82) is 0 Å². The van der Waals surface area contributed by atoms with Gasteiger partial charge in [-0.1, -0.05) is 11.6 Å². The van der Waals surface area contributed by atoms with Crippen molar-refractivity contribution >= 4 is 28.9 Å². The first-order valence-corrected chi connectivity index (χ1v) is 4.83. The van der Waals surface area contributed by atoms with E-state index >= 15 is 0 Å². The van der Waals surface area contributed by atoms with Crippen molar-refractivity contribution in [3.8, 4) is 0 Å². The Labute approximate surface area is 92.5 Å². The number of hydrogen-bond donors (Lipinski definition) is 1. The zero-order chi connectivity index (χ0) is 11.0. The lowest BCUT2D eigenvalue weighted by Gasteiger charge is -2.04. The van der Waals surface area contributed by atoms with Gasteiger partial charge in [0.1, 0.15) is 0 Å². The van der Waals surface area contributed by atoms with Gasteiger partial charge in [0.25, 0.3) is 5.91 Å². The summed E-state index contributed by atoms with van der Waals surface area (Å²) in [6.07, 6.45) is 0. The molecule has 4 nitrogen and oxygen atoms in total. The molecule has 0 saturated heterocycles. The van der Waals surface area contributed by atoms with E-state index in [1.807, 2.05) is 0 Å². The molecule has 1 aromatic rings. The zero-order valence-corrected chi connectivity index (χ0v) is 9.17. The van der Waals surface area contributed by atoms with Crippen molar-refractivity contribution in [3.05, 3.63) is 28.8 Å². The Hall–Kier alpha value is -1.55. The number of nitrogens with zero attached hydrogens (tertiary/aromatic N) is 2. The van der Waals surface area contributed by atoms with Crippen LogP contribution in [0.3, 0.4) is 0 Å². The minimum absolute atomic E-state index is 0.194. The van der Waals surface area contributed by atoms with E-state index in [0.29, 0.717) is 16.4 Å². The second kappa shape index (κ2) is 3.55. The SMILES string of the molecule is CN(C)/N=C1\C(=O)Nc2cc(Cl)ccc21. The van der Waals surface area contributed by atoms with Gasteiger partial charge in [-0.05, 0) is 18.2 Å². The molecule has 15 heavy (non-hydrogen) atoms. The van der Waals surface area contributed by atoms with Crippen LogP contribution in [0.5, 0.6) is 0 Å². The van der Waals surface area contributed by atoms with Crippen LogP contribution in [0.1, 0.15) is 5.56 Å². The number of benzene rings is 1. The number of carbonyl (C=O) groups is 1. The first kappa shape index (κ1) is 9.98. The molecular formula is C10H10ClN3O. The number of halogens is 1. The second-order valence-electron chi connectivity index (χ2n) is 3.44. The van der Waals surface area contributed by atoms with Gasteiger partial charge in [-0.2, -0.15) is 5.10 Å². The third-order valence-electron chi connectivity index (χ3n) is 2.00. The maximum absolute atomic E-state index is 11.6. The molecule has 1 aliphatic heterocycles. The standard InChI is InChI=1S/C10H10ClN3O/c1-14(2)13-9-7-4-3-6(11)5-8(7)12-10(9)15/h3-5H,1-2H3,(H,12,13,15). The quantitative estimate of drug-likeness (QED) is 0.735. The van der Waals surface area contributed by atoms with Gasteiger partial charge in [-0.25, -0.2) is 0 Å². The largest absolute Gasteiger partial charge is 0.320 e. The van der Waals surface area contributed by atoms with E-state index in [-0.39, 0.29) is 5.91 Å². The summed E-state index contributed by atoms with van der Waals surface area (Å²) in [6.45, 7) is 0. The molecule has 0 bridgehead atoms. The molecule has 0 unspecified atom stereocenters. The maximum atomic E-state index is 11.6. The van der Waals surface area contributed by atoms with Gasteiger partial charge < -0.3 is 10.3 Å². The van der Waals surface area contributed by atoms with Crippen LogP contribution >= 0.6 is 11.6 Å². The first-order chi connectivity index (χ1) is 7.08. The van der Waals surface area contributed by atoms with Crippen LogP contribution in [-0.4, -0.2) is 30.7 Å². The highest BCUT2D eigenvalue weighted by molar-refractivity contribution is 6.54. The number of rotatable bonds is 1. The van der Waals surface area contributed by atoms with Gasteiger partial charge >= 0.3 is 0 Å². The number of hydrogen-bond acceptors (Lipinski definition) is 3. The summed E-state index contributed by atoms with van der Waals surface area (Å²) in [5, 5.41) is 9.03. The van der Waals surface area contributed by atoms with Gasteiger partial charge in [0.05, 0.1) is 5.69 Å². The van der Waals surface area contributed by atoms with Crippen molar-refractivity contribution in [1.82, 2.24) is 5.01 Å². The Bertz CT molecular complexity index is 454. The van der Waals surface area contributed by atoms with Crippen LogP contribution in [-0.2, 0) is 4.79 Å². The van der Waals surface area contributed by atoms with Crippen molar-refractivity contribution in [2.75, 3.05) is 19.4 Å². The molecule has 0 radical (unpaired) electrons. The summed E-state index contributed by atoms with van der Waals surface area (Å²) in [5.41, 5.74) is 1.93. The van der Waals surface area contributed by atoms with Crippen LogP contribution in [0.25, 0.3) is 0 Å². The monoisotopic (exact) mass is 223 g/mol. The van der Waals surface area contributed by atoms with E-state index in [1.165, 1.54) is 0 Å². The number of anilines is 1. The van der Waals surface area contributed by atoms with E-state index in [1.54, 1.807) is 37.3 Å². The molecule has 1 amide bonds. The van der Waals surface area contributed by atoms with Crippen LogP contribution in [0.2, 0.25) is 5.02 Å². The summed E-state index contributed by atoms with van der Waals surface area (Å²) >= 11 is 5.82. The number of amides is 1. The summed E-state index contributed by atoms with van der Waals surface area (Å²) in [5.74, 6) is -0.194. The van der Waals surface area contributed by atoms with Gasteiger partial charge in [0.2, 0.25) is 0 Å². The molecule has 1 aliphatic rings. The fraction of sp³-hybridized carbons (Fsp3) is 0.200. The number of carbonyl (C=O) groups excluding carboxylic acids is 1. The topological polar surface area (TPSA) is 44.7 Å². The Morgan fingerprint density at radius 3 is 2.80 bits per heavy atom. The lowest BCUT2D eigenvalue weighted by Crippen LogP contribution is -2.18. The fourth-order valence-electron chi connectivity index (χ4n) is 1.43. The predicted octanol–water partition coefficient (Wildman–Crippen LogP) is 1.56. The van der Waals surface area contributed by atoms with E-state index in [9.17, 15) is 4.79 Å². The predicted molar refractivity (Wildman–Crippen MR) is 60.3 cm³/mol. The van der Waals surface area contributed by atoms with Crippen molar-refractivity contribution in [2.24, 2.45) is 5.10 Å². The molecule has 1 N–H and O–H groups in total. The van der Waals surface area contributed by atoms with Gasteiger partial charge in [0, 0.05) is 24.7 Å². The van der Waals surface area contributed by atoms with Crippen LogP contribution < -0.4 is 5.32 Å². The molecule has 0 aromatic heterocycles. The Morgan fingerprint density at radius 2 is 2.13 bits per heavy atom. The Balaban J connectivity index is 2.51. The molecule has 0 atom stereocenters. The third kappa shape index (κ3) is 1.80. The molecule has 0 spiro atoms. The number of hydrazone groups is 1. The molecule has 0 saturated carbocycles. The highest BCUT2D eigenvalue weighted by Crippen LogP contribution is 2.26. The van der Waals surface area contributed by atoms with Crippen molar-refractivity contribution in [2.45, 2.75) is 0 Å². The Kier molecular flexibility index (Phi) is 2.36. The minimum Gasteiger partial charge on any atom is -0.320 e. The molecular weight excluding hydrogens is 214 g/mol. The molecule has 0 aliphatic carbocycles. The molecule has 78 valence electrons. The molecule has 2 rings (SSSR count). The van der Waals surface area contributed by atoms with Gasteiger partial charge in [0.15, 0.2) is 5.71 Å². The minimum atomic E-state index is -0.194. The van der Waals surface area contributed by atoms with E-state index in [2.05, 4.69) is 10.4 Å². The zero-order valence-electron chi connectivity index (χ0n) is 8.41. The van der Waals surface area contributed by atoms with E-state index in [0.717, 1.165) is 5.56 Å². The Morgan fingerprint density at radius 1 is 1.40 bits per heavy atom. The van der Waals surface area contributed by atoms with Crippen LogP contribution in [0, 0.1) is 0 Å². The average Bonchev–Trinajstić information content (AvgIpc) is 2.41. The first-order valence-electron chi connectivity index (χ1n) is 4.45. The third-order valence-corrected chi connectivity index (χ3v) is 2.24. The summed E-state index contributed by atoms with van der Waals surface area (Å²) in [7, 11) is 3.54. The molecule has 1 heterocycles. The number of nitrogens with one attached hydrogen (secondary N) is 1. The summed E-state index contributed by atoms with van der Waals surface area (Å²) < 4.78 is 0. The van der Waals surface area contributed by atoms with E-state index in [4.69, 9.17) is 11.6 Å². The average molecular weight is 224 g/mol. The highest BCUT2D eigenvalue weighted by atomic mass is 35.5. The van der Waals surface area contributed by atoms with Crippen molar-refractivity contribution < 1.29 is 4.79 Å². The fourth-order valence-corrected chi connectivity index (χ4v) is 1.60. The molecule has 0 fully saturated rings. The number of fused-ring (bicyclic) bond motifs is 1. The summed E-state index contributed by atoms with van der Waals surface area (Å²) in [4.78, 5) is 11.6.